The molecule has 8 heteroatoms. The van der Waals surface area contributed by atoms with Crippen LogP contribution in [0.2, 0.25) is 0 Å². The van der Waals surface area contributed by atoms with E-state index in [0.29, 0.717) is 12.2 Å². The Kier molecular flexibility index (Phi) is 8.70. The molecule has 1 amide bonds. The number of nitrogens with zero attached hydrogens (tertiary/aromatic N) is 3. The lowest BCUT2D eigenvalue weighted by atomic mass is 10.1. The molecule has 0 aliphatic carbocycles. The van der Waals surface area contributed by atoms with E-state index in [9.17, 15) is 4.79 Å². The summed E-state index contributed by atoms with van der Waals surface area (Å²) in [5, 5.41) is 10.6. The monoisotopic (exact) mass is 345 g/mol. The van der Waals surface area contributed by atoms with Gasteiger partial charge in [-0.25, -0.2) is 0 Å². The molecule has 1 aromatic carbocycles. The van der Waals surface area contributed by atoms with E-state index < -0.39 is 6.04 Å². The van der Waals surface area contributed by atoms with E-state index in [2.05, 4.69) is 15.5 Å². The summed E-state index contributed by atoms with van der Waals surface area (Å²) in [5.41, 5.74) is 6.98. The highest BCUT2D eigenvalue weighted by Crippen LogP contribution is 2.08. The highest BCUT2D eigenvalue weighted by atomic mass is 35.5. The van der Waals surface area contributed by atoms with Crippen LogP contribution in [0.3, 0.4) is 0 Å². The number of carbonyl (C=O) groups excluding carboxylic acids is 1. The molecular formula is C14H21Cl2N5O. The van der Waals surface area contributed by atoms with Crippen LogP contribution in [0.4, 0.5) is 0 Å². The van der Waals surface area contributed by atoms with Crippen LogP contribution in [-0.4, -0.2) is 26.7 Å². The summed E-state index contributed by atoms with van der Waals surface area (Å²) in [7, 11) is 1.84. The van der Waals surface area contributed by atoms with E-state index >= 15 is 0 Å². The molecule has 0 aliphatic rings. The summed E-state index contributed by atoms with van der Waals surface area (Å²) in [4.78, 5) is 12.1. The minimum atomic E-state index is -0.576. The van der Waals surface area contributed by atoms with E-state index in [0.717, 1.165) is 5.56 Å². The predicted molar refractivity (Wildman–Crippen MR) is 90.2 cm³/mol. The van der Waals surface area contributed by atoms with Crippen LogP contribution in [0.15, 0.2) is 36.7 Å². The van der Waals surface area contributed by atoms with Gasteiger partial charge in [-0.3, -0.25) is 4.79 Å². The van der Waals surface area contributed by atoms with Gasteiger partial charge in [0.2, 0.25) is 5.91 Å². The maximum atomic E-state index is 12.1. The number of nitrogens with one attached hydrogen (secondary N) is 1. The normalized spacial score (nSPS) is 12.5. The fourth-order valence-electron chi connectivity index (χ4n) is 2.03. The maximum absolute atomic E-state index is 12.1. The molecule has 122 valence electrons. The Morgan fingerprint density at radius 1 is 1.32 bits per heavy atom. The van der Waals surface area contributed by atoms with Gasteiger partial charge in [0.25, 0.3) is 0 Å². The molecule has 0 saturated heterocycles. The average Bonchev–Trinajstić information content (AvgIpc) is 2.86. The number of amides is 1. The SMILES string of the molecule is CC(NC(=O)C(N)Cc1ccccc1)c1nncn1C.Cl.Cl. The number of halogens is 2. The van der Waals surface area contributed by atoms with Crippen molar-refractivity contribution in [3.63, 3.8) is 0 Å². The van der Waals surface area contributed by atoms with Gasteiger partial charge in [-0.2, -0.15) is 0 Å². The number of hydrogen-bond acceptors (Lipinski definition) is 4. The molecule has 6 nitrogen and oxygen atoms in total. The minimum Gasteiger partial charge on any atom is -0.345 e. The predicted octanol–water partition coefficient (Wildman–Crippen LogP) is 1.41. The molecule has 2 rings (SSSR count). The van der Waals surface area contributed by atoms with Gasteiger partial charge in [0.15, 0.2) is 5.82 Å². The third-order valence-corrected chi connectivity index (χ3v) is 3.13. The van der Waals surface area contributed by atoms with Crippen LogP contribution < -0.4 is 11.1 Å². The molecule has 3 N–H and O–H groups in total. The van der Waals surface area contributed by atoms with Crippen molar-refractivity contribution in [2.45, 2.75) is 25.4 Å². The molecule has 2 atom stereocenters. The first-order valence-electron chi connectivity index (χ1n) is 6.51. The van der Waals surface area contributed by atoms with Crippen molar-refractivity contribution in [3.05, 3.63) is 48.0 Å². The number of aromatic nitrogens is 3. The highest BCUT2D eigenvalue weighted by molar-refractivity contribution is 5.85. The van der Waals surface area contributed by atoms with Gasteiger partial charge in [-0.1, -0.05) is 30.3 Å². The summed E-state index contributed by atoms with van der Waals surface area (Å²) < 4.78 is 1.77. The van der Waals surface area contributed by atoms with Gasteiger partial charge in [-0.05, 0) is 18.9 Å². The van der Waals surface area contributed by atoms with Crippen molar-refractivity contribution in [3.8, 4) is 0 Å². The summed E-state index contributed by atoms with van der Waals surface area (Å²) in [6.45, 7) is 1.86. The lowest BCUT2D eigenvalue weighted by Crippen LogP contribution is -2.43. The summed E-state index contributed by atoms with van der Waals surface area (Å²) >= 11 is 0. The number of hydrogen-bond donors (Lipinski definition) is 2. The van der Waals surface area contributed by atoms with Gasteiger partial charge in [0.1, 0.15) is 6.33 Å². The van der Waals surface area contributed by atoms with Crippen molar-refractivity contribution < 1.29 is 4.79 Å². The maximum Gasteiger partial charge on any atom is 0.237 e. The second-order valence-electron chi connectivity index (χ2n) is 4.83. The van der Waals surface area contributed by atoms with Crippen LogP contribution in [0, 0.1) is 0 Å². The Hall–Kier alpha value is -1.63. The second-order valence-corrected chi connectivity index (χ2v) is 4.83. The molecule has 1 aromatic heterocycles. The first kappa shape index (κ1) is 20.4. The van der Waals surface area contributed by atoms with Gasteiger partial charge in [-0.15, -0.1) is 35.0 Å². The Balaban J connectivity index is 0.00000220. The topological polar surface area (TPSA) is 85.8 Å². The molecule has 0 saturated carbocycles. The minimum absolute atomic E-state index is 0. The molecule has 1 heterocycles. The van der Waals surface area contributed by atoms with Gasteiger partial charge >= 0.3 is 0 Å². The van der Waals surface area contributed by atoms with Crippen LogP contribution in [0.5, 0.6) is 0 Å². The Morgan fingerprint density at radius 2 is 1.95 bits per heavy atom. The first-order valence-corrected chi connectivity index (χ1v) is 6.51. The van der Waals surface area contributed by atoms with Crippen molar-refractivity contribution in [1.82, 2.24) is 20.1 Å². The standard InChI is InChI=1S/C14H19N5O.2ClH/c1-10(13-18-16-9-19(13)2)17-14(20)12(15)8-11-6-4-3-5-7-11;;/h3-7,9-10,12H,8,15H2,1-2H3,(H,17,20);2*1H. The molecule has 0 radical (unpaired) electrons. The van der Waals surface area contributed by atoms with Crippen molar-refractivity contribution in [2.75, 3.05) is 0 Å². The Labute approximate surface area is 142 Å². The van der Waals surface area contributed by atoms with Gasteiger partial charge in [0, 0.05) is 7.05 Å². The molecule has 0 aliphatic heterocycles. The number of rotatable bonds is 5. The van der Waals surface area contributed by atoms with E-state index in [-0.39, 0.29) is 36.8 Å². The fourth-order valence-corrected chi connectivity index (χ4v) is 2.03. The van der Waals surface area contributed by atoms with Crippen molar-refractivity contribution >= 4 is 30.7 Å². The average molecular weight is 346 g/mol. The van der Waals surface area contributed by atoms with Crippen LogP contribution in [-0.2, 0) is 18.3 Å². The molecule has 2 aromatic rings. The highest BCUT2D eigenvalue weighted by Gasteiger charge is 2.19. The molecule has 2 unspecified atom stereocenters. The number of carbonyl (C=O) groups is 1. The molecule has 0 fully saturated rings. The molecular weight excluding hydrogens is 325 g/mol. The zero-order valence-electron chi connectivity index (χ0n) is 12.5. The number of aryl methyl sites for hydroxylation is 1. The molecule has 22 heavy (non-hydrogen) atoms. The van der Waals surface area contributed by atoms with Crippen LogP contribution in [0.1, 0.15) is 24.4 Å². The first-order chi connectivity index (χ1) is 9.58. The molecule has 0 spiro atoms. The fraction of sp³-hybridized carbons (Fsp3) is 0.357. The quantitative estimate of drug-likeness (QED) is 0.857. The smallest absolute Gasteiger partial charge is 0.237 e. The zero-order chi connectivity index (χ0) is 14.5. The van der Waals surface area contributed by atoms with E-state index in [1.165, 1.54) is 0 Å². The zero-order valence-corrected chi connectivity index (χ0v) is 14.1. The summed E-state index contributed by atoms with van der Waals surface area (Å²) in [5.74, 6) is 0.509. The molecule has 0 bridgehead atoms. The number of benzene rings is 1. The largest absolute Gasteiger partial charge is 0.345 e. The third kappa shape index (κ3) is 5.29. The van der Waals surface area contributed by atoms with E-state index in [1.54, 1.807) is 10.9 Å². The van der Waals surface area contributed by atoms with Crippen molar-refractivity contribution in [2.24, 2.45) is 12.8 Å². The van der Waals surface area contributed by atoms with Crippen LogP contribution >= 0.6 is 24.8 Å². The van der Waals surface area contributed by atoms with Crippen molar-refractivity contribution in [1.29, 1.82) is 0 Å². The van der Waals surface area contributed by atoms with Crippen LogP contribution in [0.25, 0.3) is 0 Å². The third-order valence-electron chi connectivity index (χ3n) is 3.13. The lowest BCUT2D eigenvalue weighted by molar-refractivity contribution is -0.123. The van der Waals surface area contributed by atoms with E-state index in [4.69, 9.17) is 5.73 Å². The van der Waals surface area contributed by atoms with E-state index in [1.807, 2.05) is 44.3 Å². The summed E-state index contributed by atoms with van der Waals surface area (Å²) in [6.07, 6.45) is 2.11. The van der Waals surface area contributed by atoms with Gasteiger partial charge in [0.05, 0.1) is 12.1 Å². The Morgan fingerprint density at radius 3 is 2.50 bits per heavy atom. The second kappa shape index (κ2) is 9.40. The van der Waals surface area contributed by atoms with Gasteiger partial charge < -0.3 is 15.6 Å². The summed E-state index contributed by atoms with van der Waals surface area (Å²) in [6, 6.07) is 8.92. The number of nitrogens with two attached hydrogens (primary N) is 1. The Bertz CT molecular complexity index is 576. The lowest BCUT2D eigenvalue weighted by Gasteiger charge is -2.17.